The van der Waals surface area contributed by atoms with E-state index in [4.69, 9.17) is 43.0 Å². The molecule has 16 heteroatoms. The van der Waals surface area contributed by atoms with Crippen LogP contribution in [-0.2, 0) is 14.3 Å². The van der Waals surface area contributed by atoms with Crippen LogP contribution in [-0.4, -0.2) is 114 Å². The van der Waals surface area contributed by atoms with E-state index < -0.39 is 54.6 Å². The summed E-state index contributed by atoms with van der Waals surface area (Å²) in [5, 5.41) is 71.9. The van der Waals surface area contributed by atoms with E-state index in [9.17, 15) is 35.4 Å². The molecular weight excluding hydrogens is 628 g/mol. The summed E-state index contributed by atoms with van der Waals surface area (Å²) in [6, 6.07) is 4.32. The van der Waals surface area contributed by atoms with Crippen molar-refractivity contribution < 1.29 is 78.4 Å². The summed E-state index contributed by atoms with van der Waals surface area (Å²) in [5.41, 5.74) is -1.44. The van der Waals surface area contributed by atoms with Gasteiger partial charge in [0.05, 0.1) is 39.6 Å². The maximum absolute atomic E-state index is 12.1. The van der Waals surface area contributed by atoms with Crippen molar-refractivity contribution in [3.05, 3.63) is 47.6 Å². The molecule has 260 valence electrons. The first kappa shape index (κ1) is 37.0. The highest BCUT2D eigenvalue weighted by atomic mass is 16.7. The predicted octanol–water partition coefficient (Wildman–Crippen LogP) is 0.481. The van der Waals surface area contributed by atoms with Crippen LogP contribution in [0.15, 0.2) is 36.5 Å². The molecule has 2 aromatic rings. The summed E-state index contributed by atoms with van der Waals surface area (Å²) in [4.78, 5) is 12.1. The SMILES string of the molecule is COc1cc(OC)c(/C(C=O)=C/Oc2cc(OC3OC=C(OC(O)C(O)C(C)(O)CCO)C(O)C3O)c(OC)c(O)c2C)cc1OC. The van der Waals surface area contributed by atoms with Crippen LogP contribution in [0.1, 0.15) is 24.5 Å². The topological polar surface area (TPSA) is 233 Å². The monoisotopic (exact) mass is 668 g/mol. The van der Waals surface area contributed by atoms with Crippen LogP contribution >= 0.6 is 0 Å². The first-order chi connectivity index (χ1) is 22.3. The number of aliphatic hydroxyl groups is 6. The van der Waals surface area contributed by atoms with Crippen molar-refractivity contribution >= 4 is 11.9 Å². The van der Waals surface area contributed by atoms with Gasteiger partial charge < -0.3 is 73.6 Å². The molecule has 3 rings (SSSR count). The van der Waals surface area contributed by atoms with Gasteiger partial charge in [0, 0.05) is 36.3 Å². The lowest BCUT2D eigenvalue weighted by molar-refractivity contribution is -0.224. The van der Waals surface area contributed by atoms with Crippen molar-refractivity contribution in [3.8, 4) is 40.2 Å². The lowest BCUT2D eigenvalue weighted by atomic mass is 9.95. The zero-order chi connectivity index (χ0) is 35.1. The number of aliphatic hydroxyl groups excluding tert-OH is 5. The summed E-state index contributed by atoms with van der Waals surface area (Å²) >= 11 is 0. The largest absolute Gasteiger partial charge is 0.504 e. The number of allylic oxidation sites excluding steroid dienone is 1. The Morgan fingerprint density at radius 1 is 0.979 bits per heavy atom. The van der Waals surface area contributed by atoms with Gasteiger partial charge >= 0.3 is 0 Å². The van der Waals surface area contributed by atoms with Crippen molar-refractivity contribution in [2.75, 3.05) is 35.0 Å². The fraction of sp³-hybridized carbons (Fsp3) is 0.452. The van der Waals surface area contributed by atoms with Gasteiger partial charge in [-0.25, -0.2) is 0 Å². The van der Waals surface area contributed by atoms with Gasteiger partial charge in [0.15, 0.2) is 41.1 Å². The summed E-state index contributed by atoms with van der Waals surface area (Å²) in [7, 11) is 5.52. The molecular formula is C31H40O16. The van der Waals surface area contributed by atoms with E-state index in [1.54, 1.807) is 0 Å². The van der Waals surface area contributed by atoms with Gasteiger partial charge in [0.25, 0.3) is 6.29 Å². The minimum absolute atomic E-state index is 0.00505. The molecule has 47 heavy (non-hydrogen) atoms. The first-order valence-electron chi connectivity index (χ1n) is 14.1. The molecule has 0 spiro atoms. The van der Waals surface area contributed by atoms with E-state index in [1.165, 1.54) is 53.6 Å². The van der Waals surface area contributed by atoms with Crippen molar-refractivity contribution in [2.24, 2.45) is 0 Å². The van der Waals surface area contributed by atoms with Gasteiger partial charge in [-0.15, -0.1) is 0 Å². The van der Waals surface area contributed by atoms with Crippen molar-refractivity contribution in [1.82, 2.24) is 0 Å². The minimum atomic E-state index is -2.08. The number of methoxy groups -OCH3 is 4. The second-order valence-electron chi connectivity index (χ2n) is 10.5. The third-order valence-electron chi connectivity index (χ3n) is 7.32. The Hall–Kier alpha value is -4.45. The third-order valence-corrected chi connectivity index (χ3v) is 7.32. The lowest BCUT2D eigenvalue weighted by Gasteiger charge is -2.35. The highest BCUT2D eigenvalue weighted by Gasteiger charge is 2.42. The van der Waals surface area contributed by atoms with Crippen LogP contribution in [0.2, 0.25) is 0 Å². The molecule has 0 aromatic heterocycles. The number of phenolic OH excluding ortho intramolecular Hbond substituents is 1. The number of hydrogen-bond donors (Lipinski definition) is 7. The average Bonchev–Trinajstić information content (AvgIpc) is 3.05. The summed E-state index contributed by atoms with van der Waals surface area (Å²) in [6.07, 6.45) is -7.18. The maximum Gasteiger partial charge on any atom is 0.269 e. The Bertz CT molecular complexity index is 1450. The zero-order valence-electron chi connectivity index (χ0n) is 26.6. The number of phenols is 1. The van der Waals surface area contributed by atoms with Crippen LogP contribution in [0.4, 0.5) is 0 Å². The zero-order valence-corrected chi connectivity index (χ0v) is 26.6. The fourth-order valence-corrected chi connectivity index (χ4v) is 4.45. The van der Waals surface area contributed by atoms with E-state index >= 15 is 0 Å². The summed E-state index contributed by atoms with van der Waals surface area (Å²) in [5.74, 6) is -0.362. The molecule has 0 bridgehead atoms. The van der Waals surface area contributed by atoms with Crippen LogP contribution in [0, 0.1) is 6.92 Å². The standard InChI is InChI=1S/C31H40O16/c1-15-18(44-13-16(12-33)17-9-20(41-4)21(42-5)11-19(17)40-3)10-22(27(43-6)24(15)34)47-30-26(36)25(35)23(14-45-30)46-29(38)28(37)31(2,39)7-8-32/h9-14,25-26,28-30,32,34-39H,7-8H2,1-6H3/b16-13+. The number of ether oxygens (including phenoxy) is 8. The number of carbonyl (C=O) groups excluding carboxylic acids is 1. The first-order valence-corrected chi connectivity index (χ1v) is 14.1. The number of benzene rings is 2. The van der Waals surface area contributed by atoms with Crippen molar-refractivity contribution in [2.45, 2.75) is 56.8 Å². The molecule has 1 heterocycles. The molecule has 0 radical (unpaired) electrons. The number of hydrogen-bond acceptors (Lipinski definition) is 16. The van der Waals surface area contributed by atoms with E-state index in [2.05, 4.69) is 0 Å². The van der Waals surface area contributed by atoms with Crippen LogP contribution in [0.3, 0.4) is 0 Å². The van der Waals surface area contributed by atoms with Crippen LogP contribution in [0.25, 0.3) is 5.57 Å². The number of aromatic hydroxyl groups is 1. The lowest BCUT2D eigenvalue weighted by Crippen LogP contribution is -2.51. The second kappa shape index (κ2) is 15.9. The molecule has 6 unspecified atom stereocenters. The Kier molecular flexibility index (Phi) is 12.5. The number of aldehydes is 1. The molecule has 1 aliphatic rings. The van der Waals surface area contributed by atoms with Crippen molar-refractivity contribution in [3.63, 3.8) is 0 Å². The molecule has 0 amide bonds. The quantitative estimate of drug-likeness (QED) is 0.0558. The molecule has 16 nitrogen and oxygen atoms in total. The summed E-state index contributed by atoms with van der Waals surface area (Å²) in [6.45, 7) is 2.17. The van der Waals surface area contributed by atoms with Crippen molar-refractivity contribution in [1.29, 1.82) is 0 Å². The number of rotatable bonds is 16. The normalized spacial score (nSPS) is 20.5. The van der Waals surface area contributed by atoms with E-state index in [0.29, 0.717) is 23.3 Å². The van der Waals surface area contributed by atoms with Gasteiger partial charge in [0.1, 0.15) is 36.2 Å². The Morgan fingerprint density at radius 3 is 2.17 bits per heavy atom. The molecule has 1 aliphatic heterocycles. The smallest absolute Gasteiger partial charge is 0.269 e. The van der Waals surface area contributed by atoms with Crippen LogP contribution < -0.4 is 28.4 Å². The summed E-state index contributed by atoms with van der Waals surface area (Å²) < 4.78 is 43.2. The average molecular weight is 669 g/mol. The molecule has 7 N–H and O–H groups in total. The molecule has 0 fully saturated rings. The van der Waals surface area contributed by atoms with Gasteiger partial charge in [-0.1, -0.05) is 0 Å². The van der Waals surface area contributed by atoms with E-state index in [1.807, 2.05) is 0 Å². The highest BCUT2D eigenvalue weighted by Crippen LogP contribution is 2.45. The second-order valence-corrected chi connectivity index (χ2v) is 10.5. The molecule has 6 atom stereocenters. The van der Waals surface area contributed by atoms with E-state index in [-0.39, 0.29) is 40.6 Å². The highest BCUT2D eigenvalue weighted by molar-refractivity contribution is 6.08. The van der Waals surface area contributed by atoms with Gasteiger partial charge in [-0.2, -0.15) is 0 Å². The maximum atomic E-state index is 12.1. The molecule has 2 aromatic carbocycles. The minimum Gasteiger partial charge on any atom is -0.504 e. The Balaban J connectivity index is 1.89. The van der Waals surface area contributed by atoms with Crippen LogP contribution in [0.5, 0.6) is 40.2 Å². The number of carbonyl (C=O) groups is 1. The Labute approximate surface area is 270 Å². The third kappa shape index (κ3) is 8.10. The van der Waals surface area contributed by atoms with Gasteiger partial charge in [0.2, 0.25) is 12.0 Å². The predicted molar refractivity (Wildman–Crippen MR) is 161 cm³/mol. The Morgan fingerprint density at radius 2 is 1.60 bits per heavy atom. The fourth-order valence-electron chi connectivity index (χ4n) is 4.45. The molecule has 0 saturated carbocycles. The van der Waals surface area contributed by atoms with Gasteiger partial charge in [-0.05, 0) is 19.9 Å². The van der Waals surface area contributed by atoms with E-state index in [0.717, 1.165) is 19.4 Å². The molecule has 0 saturated heterocycles. The molecule has 0 aliphatic carbocycles. The van der Waals surface area contributed by atoms with Gasteiger partial charge in [-0.3, -0.25) is 4.79 Å².